The van der Waals surface area contributed by atoms with E-state index >= 15 is 0 Å². The monoisotopic (exact) mass is 474 g/mol. The molecular weight excluding hydrogens is 452 g/mol. The zero-order valence-corrected chi connectivity index (χ0v) is 18.8. The van der Waals surface area contributed by atoms with Crippen molar-refractivity contribution in [3.63, 3.8) is 0 Å². The lowest BCUT2D eigenvalue weighted by Gasteiger charge is -2.43. The van der Waals surface area contributed by atoms with Gasteiger partial charge < -0.3 is 4.74 Å². The minimum atomic E-state index is -3.72. The van der Waals surface area contributed by atoms with E-state index in [9.17, 15) is 13.7 Å². The summed E-state index contributed by atoms with van der Waals surface area (Å²) in [6, 6.07) is 14.8. The molecule has 1 aliphatic carbocycles. The second-order valence-corrected chi connectivity index (χ2v) is 11.2. The molecule has 0 N–H and O–H groups in total. The van der Waals surface area contributed by atoms with E-state index in [1.165, 1.54) is 4.31 Å². The van der Waals surface area contributed by atoms with E-state index in [-0.39, 0.29) is 23.0 Å². The number of benzene rings is 2. The van der Waals surface area contributed by atoms with Crippen molar-refractivity contribution in [2.75, 3.05) is 10.8 Å². The molecule has 2 aromatic carbocycles. The molecule has 0 spiro atoms. The van der Waals surface area contributed by atoms with Gasteiger partial charge in [0.25, 0.3) is 10.0 Å². The lowest BCUT2D eigenvalue weighted by Crippen LogP contribution is -2.46. The van der Waals surface area contributed by atoms with Crippen molar-refractivity contribution in [3.8, 4) is 11.8 Å². The SMILES string of the molecule is Cc1cccc(S(=O)(=O)N2C[C@H](CC3CC(C)(C#N)C3)Oc3ccc(Br)cc32)c1. The number of nitrogens with zero attached hydrogens (tertiary/aromatic N) is 2. The Morgan fingerprint density at radius 3 is 2.72 bits per heavy atom. The van der Waals surface area contributed by atoms with Crippen LogP contribution in [0.25, 0.3) is 0 Å². The van der Waals surface area contributed by atoms with Gasteiger partial charge in [-0.3, -0.25) is 4.31 Å². The van der Waals surface area contributed by atoms with Gasteiger partial charge in [-0.05, 0) is 74.9 Å². The largest absolute Gasteiger partial charge is 0.486 e. The van der Waals surface area contributed by atoms with Gasteiger partial charge in [0.15, 0.2) is 0 Å². The second-order valence-electron chi connectivity index (χ2n) is 8.39. The minimum Gasteiger partial charge on any atom is -0.486 e. The van der Waals surface area contributed by atoms with Gasteiger partial charge in [0.1, 0.15) is 11.9 Å². The molecule has 2 aliphatic rings. The molecule has 4 rings (SSSR count). The number of halogens is 1. The second kappa shape index (κ2) is 7.33. The van der Waals surface area contributed by atoms with E-state index in [2.05, 4.69) is 22.0 Å². The van der Waals surface area contributed by atoms with Crippen molar-refractivity contribution in [1.29, 1.82) is 5.26 Å². The average Bonchev–Trinajstić information content (AvgIpc) is 2.66. The van der Waals surface area contributed by atoms with Crippen LogP contribution < -0.4 is 9.04 Å². The molecule has 0 aromatic heterocycles. The van der Waals surface area contributed by atoms with Crippen LogP contribution in [0.3, 0.4) is 0 Å². The molecule has 1 fully saturated rings. The first-order valence-electron chi connectivity index (χ1n) is 9.67. The third-order valence-corrected chi connectivity index (χ3v) is 8.04. The van der Waals surface area contributed by atoms with E-state index < -0.39 is 10.0 Å². The van der Waals surface area contributed by atoms with Crippen LogP contribution in [0, 0.1) is 29.6 Å². The molecular formula is C22H23BrN2O3S. The maximum Gasteiger partial charge on any atom is 0.264 e. The number of ether oxygens (including phenoxy) is 1. The highest BCUT2D eigenvalue weighted by Crippen LogP contribution is 2.48. The summed E-state index contributed by atoms with van der Waals surface area (Å²) in [6.07, 6.45) is 2.17. The van der Waals surface area contributed by atoms with Gasteiger partial charge >= 0.3 is 0 Å². The molecule has 1 saturated carbocycles. The Labute approximate surface area is 180 Å². The van der Waals surface area contributed by atoms with Crippen molar-refractivity contribution >= 4 is 31.6 Å². The van der Waals surface area contributed by atoms with Crippen LogP contribution in [0.5, 0.6) is 5.75 Å². The Kier molecular flexibility index (Phi) is 5.12. The summed E-state index contributed by atoms with van der Waals surface area (Å²) in [4.78, 5) is 0.282. The van der Waals surface area contributed by atoms with E-state index in [1.54, 1.807) is 24.3 Å². The topological polar surface area (TPSA) is 70.4 Å². The molecule has 29 heavy (non-hydrogen) atoms. The predicted octanol–water partition coefficient (Wildman–Crippen LogP) is 5.04. The number of aryl methyl sites for hydroxylation is 1. The Morgan fingerprint density at radius 1 is 1.28 bits per heavy atom. The number of nitriles is 1. The fourth-order valence-corrected chi connectivity index (χ4v) is 6.34. The summed E-state index contributed by atoms with van der Waals surface area (Å²) in [5.74, 6) is 0.952. The van der Waals surface area contributed by atoms with Crippen molar-refractivity contribution < 1.29 is 13.2 Å². The number of fused-ring (bicyclic) bond motifs is 1. The van der Waals surface area contributed by atoms with Crippen molar-refractivity contribution in [2.24, 2.45) is 11.3 Å². The number of hydrogen-bond acceptors (Lipinski definition) is 4. The summed E-state index contributed by atoms with van der Waals surface area (Å²) >= 11 is 3.44. The normalized spacial score (nSPS) is 26.1. The molecule has 0 saturated heterocycles. The van der Waals surface area contributed by atoms with E-state index in [0.29, 0.717) is 17.4 Å². The minimum absolute atomic E-state index is 0.239. The van der Waals surface area contributed by atoms with Gasteiger partial charge in [-0.2, -0.15) is 5.26 Å². The zero-order valence-electron chi connectivity index (χ0n) is 16.4. The molecule has 5 nitrogen and oxygen atoms in total. The number of sulfonamides is 1. The molecule has 2 aromatic rings. The highest BCUT2D eigenvalue weighted by Gasteiger charge is 2.43. The average molecular weight is 475 g/mol. The van der Waals surface area contributed by atoms with Crippen LogP contribution in [0.2, 0.25) is 0 Å². The molecule has 0 bridgehead atoms. The molecule has 7 heteroatoms. The Bertz CT molecular complexity index is 1090. The third-order valence-electron chi connectivity index (χ3n) is 5.77. The maximum absolute atomic E-state index is 13.5. The van der Waals surface area contributed by atoms with Crippen LogP contribution in [0.4, 0.5) is 5.69 Å². The first-order chi connectivity index (χ1) is 13.7. The van der Waals surface area contributed by atoms with E-state index in [0.717, 1.165) is 29.3 Å². The first-order valence-corrected chi connectivity index (χ1v) is 11.9. The van der Waals surface area contributed by atoms with Gasteiger partial charge in [-0.15, -0.1) is 0 Å². The van der Waals surface area contributed by atoms with Crippen LogP contribution >= 0.6 is 15.9 Å². The maximum atomic E-state index is 13.5. The number of hydrogen-bond donors (Lipinski definition) is 0. The Hall–Kier alpha value is -2.04. The summed E-state index contributed by atoms with van der Waals surface area (Å²) in [5, 5.41) is 9.25. The summed E-state index contributed by atoms with van der Waals surface area (Å²) in [5.41, 5.74) is 1.19. The van der Waals surface area contributed by atoms with Crippen LogP contribution in [0.15, 0.2) is 51.8 Å². The fraction of sp³-hybridized carbons (Fsp3) is 0.409. The smallest absolute Gasteiger partial charge is 0.264 e. The fourth-order valence-electron chi connectivity index (χ4n) is 4.38. The first kappa shape index (κ1) is 20.2. The molecule has 0 radical (unpaired) electrons. The molecule has 1 aliphatic heterocycles. The van der Waals surface area contributed by atoms with Crippen molar-refractivity contribution in [2.45, 2.75) is 44.1 Å². The molecule has 152 valence electrons. The van der Waals surface area contributed by atoms with Gasteiger partial charge in [0, 0.05) is 4.47 Å². The number of rotatable bonds is 4. The molecule has 1 heterocycles. The van der Waals surface area contributed by atoms with Crippen molar-refractivity contribution in [1.82, 2.24) is 0 Å². The van der Waals surface area contributed by atoms with Gasteiger partial charge in [0.05, 0.1) is 28.6 Å². The lowest BCUT2D eigenvalue weighted by atomic mass is 9.62. The van der Waals surface area contributed by atoms with Crippen molar-refractivity contribution in [3.05, 3.63) is 52.5 Å². The van der Waals surface area contributed by atoms with E-state index in [4.69, 9.17) is 4.74 Å². The van der Waals surface area contributed by atoms with Crippen LogP contribution in [0.1, 0.15) is 31.7 Å². The highest BCUT2D eigenvalue weighted by molar-refractivity contribution is 9.10. The summed E-state index contributed by atoms with van der Waals surface area (Å²) < 4.78 is 35.4. The standard InChI is InChI=1S/C22H23BrN2O3S/c1-15-4-3-5-19(8-15)29(26,27)25-13-18(9-16-11-22(2,12-16)14-24)28-21-7-6-17(23)10-20(21)25/h3-8,10,16,18H,9,11-13H2,1-2H3/t16?,18-,22?/m0/s1. The predicted molar refractivity (Wildman–Crippen MR) is 115 cm³/mol. The van der Waals surface area contributed by atoms with E-state index in [1.807, 2.05) is 32.0 Å². The highest BCUT2D eigenvalue weighted by atomic mass is 79.9. The summed E-state index contributed by atoms with van der Waals surface area (Å²) in [6.45, 7) is 4.13. The number of anilines is 1. The molecule has 0 unspecified atom stereocenters. The quantitative estimate of drug-likeness (QED) is 0.621. The third kappa shape index (κ3) is 3.88. The zero-order chi connectivity index (χ0) is 20.8. The van der Waals surface area contributed by atoms with Gasteiger partial charge in [-0.1, -0.05) is 28.1 Å². The Morgan fingerprint density at radius 2 is 2.03 bits per heavy atom. The Balaban J connectivity index is 1.65. The molecule has 0 amide bonds. The van der Waals surface area contributed by atoms with Gasteiger partial charge in [-0.25, -0.2) is 8.42 Å². The van der Waals surface area contributed by atoms with Crippen LogP contribution in [-0.4, -0.2) is 21.1 Å². The lowest BCUT2D eigenvalue weighted by molar-refractivity contribution is 0.0765. The molecule has 1 atom stereocenters. The van der Waals surface area contributed by atoms with Gasteiger partial charge in [0.2, 0.25) is 0 Å². The van der Waals surface area contributed by atoms with Crippen LogP contribution in [-0.2, 0) is 10.0 Å². The summed E-state index contributed by atoms with van der Waals surface area (Å²) in [7, 11) is -3.72.